The molecule has 0 aliphatic rings. The van der Waals surface area contributed by atoms with Gasteiger partial charge in [0.2, 0.25) is 0 Å². The summed E-state index contributed by atoms with van der Waals surface area (Å²) >= 11 is -3.29. The van der Waals surface area contributed by atoms with Crippen molar-refractivity contribution in [2.24, 2.45) is 0 Å². The largest absolute Gasteiger partial charge is 0 e. The summed E-state index contributed by atoms with van der Waals surface area (Å²) in [6, 6.07) is 0. The van der Waals surface area contributed by atoms with Gasteiger partial charge in [-0.15, -0.1) is 0 Å². The van der Waals surface area contributed by atoms with E-state index >= 15 is 0 Å². The molecule has 0 aromatic heterocycles. The van der Waals surface area contributed by atoms with Crippen LogP contribution in [0.15, 0.2) is 0 Å². The standard InChI is InChI=1S/Ca.H2O3Se/c;1-4(2)3/h;(H2,1,2,3). The Morgan fingerprint density at radius 1 is 1.40 bits per heavy atom. The molecule has 0 amide bonds. The van der Waals surface area contributed by atoms with E-state index in [1.165, 1.54) is 0 Å². The Labute approximate surface area is 63.7 Å². The first kappa shape index (κ1) is 9.71. The zero-order valence-electron chi connectivity index (χ0n) is 2.42. The molecule has 0 aromatic carbocycles. The molecule has 2 N–H and O–H groups in total. The monoisotopic (exact) mass is 170 g/mol. The summed E-state index contributed by atoms with van der Waals surface area (Å²) in [7, 11) is 0. The summed E-state index contributed by atoms with van der Waals surface area (Å²) in [4.78, 5) is 0. The van der Waals surface area contributed by atoms with Crippen molar-refractivity contribution < 1.29 is 12.2 Å². The normalized spacial score (nSPS) is 7.00. The van der Waals surface area contributed by atoms with Crippen LogP contribution in [0.3, 0.4) is 0 Å². The first-order chi connectivity index (χ1) is 1.73. The molecule has 0 fully saturated rings. The predicted octanol–water partition coefficient (Wildman–Crippen LogP) is -1.99. The first-order valence-electron chi connectivity index (χ1n) is 0.532. The minimum Gasteiger partial charge on any atom is 0 e. The molecule has 28 valence electrons. The summed E-state index contributed by atoms with van der Waals surface area (Å²) in [5, 5.41) is 0. The molecular weight excluding hydrogens is 167 g/mol. The van der Waals surface area contributed by atoms with Crippen LogP contribution in [-0.2, 0) is 3.83 Å². The fourth-order valence-corrected chi connectivity index (χ4v) is 0. The van der Waals surface area contributed by atoms with E-state index in [4.69, 9.17) is 12.2 Å². The molecule has 0 bridgehead atoms. The van der Waals surface area contributed by atoms with Crippen LogP contribution in [0.25, 0.3) is 0 Å². The average Bonchev–Trinajstić information content (AvgIpc) is 0.811. The fourth-order valence-electron chi connectivity index (χ4n) is 0. The molecule has 0 aromatic rings. The van der Waals surface area contributed by atoms with Gasteiger partial charge in [0.1, 0.15) is 0 Å². The second kappa shape index (κ2) is 5.50. The third kappa shape index (κ3) is 30.0. The maximum Gasteiger partial charge on any atom is 0 e. The zero-order chi connectivity index (χ0) is 3.58. The Kier molecular flexibility index (Phi) is 10.7. The average molecular weight is 169 g/mol. The number of hydrogen-bond donors (Lipinski definition) is 2. The van der Waals surface area contributed by atoms with Crippen LogP contribution in [0.1, 0.15) is 0 Å². The molecule has 0 aliphatic carbocycles. The Hall–Kier alpha value is 1.50. The van der Waals surface area contributed by atoms with E-state index in [-0.39, 0.29) is 37.7 Å². The van der Waals surface area contributed by atoms with E-state index in [1.54, 1.807) is 0 Å². The molecule has 3 nitrogen and oxygen atoms in total. The van der Waals surface area contributed by atoms with Crippen molar-refractivity contribution in [3.63, 3.8) is 0 Å². The van der Waals surface area contributed by atoms with Crippen molar-refractivity contribution in [1.29, 1.82) is 0 Å². The Balaban J connectivity index is 0. The molecule has 2 radical (unpaired) electrons. The van der Waals surface area contributed by atoms with Gasteiger partial charge in [-0.2, -0.15) is 0 Å². The van der Waals surface area contributed by atoms with Gasteiger partial charge in [-0.1, -0.05) is 0 Å². The van der Waals surface area contributed by atoms with E-state index in [9.17, 15) is 0 Å². The molecule has 5 heteroatoms. The van der Waals surface area contributed by atoms with Gasteiger partial charge >= 0.3 is 26.7 Å². The number of rotatable bonds is 0. The van der Waals surface area contributed by atoms with Crippen LogP contribution in [0, 0.1) is 0 Å². The molecule has 0 aliphatic heterocycles. The summed E-state index contributed by atoms with van der Waals surface area (Å²) < 4.78 is 23.1. The minimum absolute atomic E-state index is 0. The third-order valence-electron chi connectivity index (χ3n) is 0. The number of hydrogen-bond acceptors (Lipinski definition) is 1. The van der Waals surface area contributed by atoms with Gasteiger partial charge < -0.3 is 0 Å². The van der Waals surface area contributed by atoms with Crippen molar-refractivity contribution in [1.82, 2.24) is 0 Å². The smallest absolute Gasteiger partial charge is 0 e. The topological polar surface area (TPSA) is 57.5 Å². The van der Waals surface area contributed by atoms with Gasteiger partial charge in [-0.05, 0) is 0 Å². The fraction of sp³-hybridized carbons (Fsp3) is 0. The van der Waals surface area contributed by atoms with Gasteiger partial charge in [0.15, 0.2) is 0 Å². The van der Waals surface area contributed by atoms with E-state index in [1.807, 2.05) is 0 Å². The Morgan fingerprint density at radius 2 is 1.40 bits per heavy atom. The SMILES string of the molecule is O=[Se](O)O.[Ca]. The Bertz CT molecular complexity index is 29.9. The summed E-state index contributed by atoms with van der Waals surface area (Å²) in [6.07, 6.45) is 0. The molecule has 0 unspecified atom stereocenters. The van der Waals surface area contributed by atoms with Crippen molar-refractivity contribution >= 4 is 52.2 Å². The molecule has 5 heavy (non-hydrogen) atoms. The molecule has 0 heterocycles. The maximum absolute atomic E-state index is 8.76. The van der Waals surface area contributed by atoms with Gasteiger partial charge in [0.05, 0.1) is 0 Å². The van der Waals surface area contributed by atoms with Crippen molar-refractivity contribution in [2.75, 3.05) is 0 Å². The van der Waals surface area contributed by atoms with Crippen LogP contribution in [0.2, 0.25) is 0 Å². The summed E-state index contributed by atoms with van der Waals surface area (Å²) in [6.45, 7) is 0. The molecule has 0 spiro atoms. The Morgan fingerprint density at radius 3 is 1.40 bits per heavy atom. The zero-order valence-corrected chi connectivity index (χ0v) is 6.34. The van der Waals surface area contributed by atoms with E-state index in [0.29, 0.717) is 0 Å². The van der Waals surface area contributed by atoms with Crippen molar-refractivity contribution in [3.8, 4) is 0 Å². The second-order valence-corrected chi connectivity index (χ2v) is 1.20. The third-order valence-corrected chi connectivity index (χ3v) is 0. The summed E-state index contributed by atoms with van der Waals surface area (Å²) in [5.41, 5.74) is 0. The molecule has 0 saturated carbocycles. The van der Waals surface area contributed by atoms with Crippen LogP contribution in [-0.4, -0.2) is 60.6 Å². The van der Waals surface area contributed by atoms with Gasteiger partial charge in [0, 0.05) is 37.7 Å². The van der Waals surface area contributed by atoms with Crippen LogP contribution in [0.4, 0.5) is 0 Å². The summed E-state index contributed by atoms with van der Waals surface area (Å²) in [5.74, 6) is 0. The van der Waals surface area contributed by atoms with Gasteiger partial charge in [-0.3, -0.25) is 0 Å². The maximum atomic E-state index is 8.76. The van der Waals surface area contributed by atoms with E-state index < -0.39 is 14.5 Å². The van der Waals surface area contributed by atoms with Crippen molar-refractivity contribution in [2.45, 2.75) is 0 Å². The molecule has 0 saturated heterocycles. The van der Waals surface area contributed by atoms with Crippen LogP contribution >= 0.6 is 0 Å². The molecular formula is H2CaO3Se. The quantitative estimate of drug-likeness (QED) is 0.412. The minimum atomic E-state index is -3.29. The molecule has 0 rings (SSSR count). The van der Waals surface area contributed by atoms with E-state index in [0.717, 1.165) is 0 Å². The van der Waals surface area contributed by atoms with Crippen LogP contribution in [0.5, 0.6) is 0 Å². The predicted molar refractivity (Wildman–Crippen MR) is 16.6 cm³/mol. The second-order valence-electron chi connectivity index (χ2n) is 0.231. The van der Waals surface area contributed by atoms with E-state index in [2.05, 4.69) is 0 Å². The van der Waals surface area contributed by atoms with Crippen LogP contribution < -0.4 is 0 Å². The van der Waals surface area contributed by atoms with Crippen molar-refractivity contribution in [3.05, 3.63) is 0 Å². The first-order valence-corrected chi connectivity index (χ1v) is 2.76. The van der Waals surface area contributed by atoms with Gasteiger partial charge in [0.25, 0.3) is 0 Å². The molecule has 0 atom stereocenters. The van der Waals surface area contributed by atoms with Gasteiger partial charge in [-0.25, -0.2) is 0 Å².